The molecule has 2 aliphatic heterocycles. The van der Waals surface area contributed by atoms with Crippen molar-refractivity contribution in [2.24, 2.45) is 5.92 Å². The van der Waals surface area contributed by atoms with E-state index in [2.05, 4.69) is 41.4 Å². The Kier molecular flexibility index (Phi) is 5.93. The molecule has 0 spiro atoms. The summed E-state index contributed by atoms with van der Waals surface area (Å²) in [5, 5.41) is 8.98. The molecule has 2 atom stereocenters. The number of carbonyl (C=O) groups is 1. The summed E-state index contributed by atoms with van der Waals surface area (Å²) in [5.74, 6) is -0.393. The minimum Gasteiger partial charge on any atom is -0.481 e. The lowest BCUT2D eigenvalue weighted by atomic mass is 9.83. The molecular weight excluding hydrogens is 354 g/mol. The van der Waals surface area contributed by atoms with Gasteiger partial charge in [0.15, 0.2) is 6.79 Å². The summed E-state index contributed by atoms with van der Waals surface area (Å²) >= 11 is 0. The lowest BCUT2D eigenvalue weighted by Gasteiger charge is -2.28. The van der Waals surface area contributed by atoms with Crippen LogP contribution in [-0.4, -0.2) is 48.5 Å². The third-order valence-electron chi connectivity index (χ3n) is 5.71. The number of hydrogen-bond donors (Lipinski definition) is 1. The van der Waals surface area contributed by atoms with Crippen molar-refractivity contribution in [3.8, 4) is 0 Å². The van der Waals surface area contributed by atoms with Crippen LogP contribution in [0.3, 0.4) is 0 Å². The molecule has 5 nitrogen and oxygen atoms in total. The van der Waals surface area contributed by atoms with Gasteiger partial charge in [-0.2, -0.15) is 0 Å². The number of fused-ring (bicyclic) bond motifs is 2. The van der Waals surface area contributed by atoms with Crippen LogP contribution in [0.15, 0.2) is 71.1 Å². The zero-order valence-electron chi connectivity index (χ0n) is 16.0. The van der Waals surface area contributed by atoms with E-state index in [0.29, 0.717) is 5.92 Å². The fraction of sp³-hybridized carbons (Fsp3) is 0.435. The Morgan fingerprint density at radius 1 is 1.32 bits per heavy atom. The van der Waals surface area contributed by atoms with Crippen LogP contribution in [0.2, 0.25) is 0 Å². The Hall–Kier alpha value is -2.37. The van der Waals surface area contributed by atoms with Gasteiger partial charge in [-0.3, -0.25) is 4.79 Å². The molecule has 1 saturated heterocycles. The van der Waals surface area contributed by atoms with Gasteiger partial charge in [-0.1, -0.05) is 42.5 Å². The molecule has 0 aromatic rings. The maximum Gasteiger partial charge on any atom is 0.303 e. The van der Waals surface area contributed by atoms with Gasteiger partial charge in [0.25, 0.3) is 0 Å². The smallest absolute Gasteiger partial charge is 0.303 e. The van der Waals surface area contributed by atoms with Gasteiger partial charge >= 0.3 is 5.97 Å². The zero-order valence-corrected chi connectivity index (χ0v) is 16.0. The molecule has 0 radical (unpaired) electrons. The Balaban J connectivity index is 1.48. The van der Waals surface area contributed by atoms with Gasteiger partial charge < -0.3 is 19.5 Å². The van der Waals surface area contributed by atoms with E-state index in [-0.39, 0.29) is 19.3 Å². The minimum absolute atomic E-state index is 0.0750. The lowest BCUT2D eigenvalue weighted by Crippen LogP contribution is -2.22. The monoisotopic (exact) mass is 381 g/mol. The van der Waals surface area contributed by atoms with E-state index in [4.69, 9.17) is 14.6 Å². The second kappa shape index (κ2) is 8.76. The van der Waals surface area contributed by atoms with Crippen LogP contribution < -0.4 is 0 Å². The van der Waals surface area contributed by atoms with Gasteiger partial charge in [-0.25, -0.2) is 0 Å². The molecule has 0 aromatic carbocycles. The summed E-state index contributed by atoms with van der Waals surface area (Å²) < 4.78 is 11.4. The van der Waals surface area contributed by atoms with Crippen LogP contribution in [0.5, 0.6) is 0 Å². The van der Waals surface area contributed by atoms with Crippen LogP contribution in [0.1, 0.15) is 25.7 Å². The number of aliphatic carboxylic acids is 1. The summed E-state index contributed by atoms with van der Waals surface area (Å²) in [6.07, 6.45) is 19.8. The molecule has 28 heavy (non-hydrogen) atoms. The number of carboxylic acid groups (broad SMARTS) is 1. The standard InChI is InChI=1S/C23H27NO4/c25-22(26)13-17-10-12-24(14-17)11-4-7-18-5-3-6-19-15-27-16-28-21-9-2-1-8-20(21)23(18)19/h1-3,6-9,15,17,21H,4-5,10-14,16H2,(H,25,26). The van der Waals surface area contributed by atoms with Gasteiger partial charge in [0.2, 0.25) is 0 Å². The van der Waals surface area contributed by atoms with E-state index in [0.717, 1.165) is 44.5 Å². The Morgan fingerprint density at radius 2 is 2.25 bits per heavy atom. The van der Waals surface area contributed by atoms with Crippen molar-refractivity contribution in [2.75, 3.05) is 26.4 Å². The average molecular weight is 381 g/mol. The van der Waals surface area contributed by atoms with Crippen molar-refractivity contribution in [3.63, 3.8) is 0 Å². The summed E-state index contributed by atoms with van der Waals surface area (Å²) in [7, 11) is 0. The fourth-order valence-electron chi connectivity index (χ4n) is 4.40. The Bertz CT molecular complexity index is 799. The molecule has 1 fully saturated rings. The van der Waals surface area contributed by atoms with E-state index in [1.807, 2.05) is 6.08 Å². The number of hydrogen-bond acceptors (Lipinski definition) is 4. The van der Waals surface area contributed by atoms with Gasteiger partial charge in [0.1, 0.15) is 6.10 Å². The quantitative estimate of drug-likeness (QED) is 0.786. The number of carboxylic acids is 1. The molecule has 2 heterocycles. The molecule has 0 saturated carbocycles. The average Bonchev–Trinajstić information content (AvgIpc) is 3.10. The largest absolute Gasteiger partial charge is 0.481 e. The van der Waals surface area contributed by atoms with Crippen molar-refractivity contribution in [1.82, 2.24) is 4.90 Å². The summed E-state index contributed by atoms with van der Waals surface area (Å²) in [4.78, 5) is 13.3. The lowest BCUT2D eigenvalue weighted by molar-refractivity contribution is -0.138. The number of likely N-dealkylation sites (tertiary alicyclic amines) is 1. The first-order valence-corrected chi connectivity index (χ1v) is 10.0. The normalized spacial score (nSPS) is 28.4. The SMILES string of the molecule is O=C(O)CC1CCN(CCC=C2CC=CC3=COCOC4C=CC=CC4=C32)C1. The highest BCUT2D eigenvalue weighted by molar-refractivity contribution is 5.67. The molecule has 4 aliphatic rings. The highest BCUT2D eigenvalue weighted by Crippen LogP contribution is 2.36. The Labute approximate surface area is 166 Å². The van der Waals surface area contributed by atoms with Crippen molar-refractivity contribution >= 4 is 5.97 Å². The molecular formula is C23H27NO4. The van der Waals surface area contributed by atoms with E-state index in [1.54, 1.807) is 6.26 Å². The molecule has 0 bridgehead atoms. The third-order valence-corrected chi connectivity index (χ3v) is 5.71. The zero-order chi connectivity index (χ0) is 19.3. The first-order valence-electron chi connectivity index (χ1n) is 10.0. The van der Waals surface area contributed by atoms with Crippen LogP contribution in [0.25, 0.3) is 0 Å². The number of allylic oxidation sites excluding steroid dienone is 7. The topological polar surface area (TPSA) is 59.0 Å². The van der Waals surface area contributed by atoms with Crippen molar-refractivity contribution in [2.45, 2.75) is 31.8 Å². The molecule has 1 N–H and O–H groups in total. The van der Waals surface area contributed by atoms with Crippen molar-refractivity contribution in [3.05, 3.63) is 71.1 Å². The van der Waals surface area contributed by atoms with Gasteiger partial charge in [0, 0.05) is 25.1 Å². The van der Waals surface area contributed by atoms with Crippen LogP contribution in [-0.2, 0) is 14.3 Å². The third kappa shape index (κ3) is 4.37. The fourth-order valence-corrected chi connectivity index (χ4v) is 4.40. The van der Waals surface area contributed by atoms with E-state index >= 15 is 0 Å². The van der Waals surface area contributed by atoms with E-state index in [9.17, 15) is 4.79 Å². The second-order valence-corrected chi connectivity index (χ2v) is 7.70. The number of rotatable bonds is 5. The molecule has 0 amide bonds. The molecule has 0 aromatic heterocycles. The van der Waals surface area contributed by atoms with Gasteiger partial charge in [-0.05, 0) is 48.4 Å². The molecule has 148 valence electrons. The van der Waals surface area contributed by atoms with Crippen molar-refractivity contribution < 1.29 is 19.4 Å². The van der Waals surface area contributed by atoms with Crippen LogP contribution >= 0.6 is 0 Å². The highest BCUT2D eigenvalue weighted by atomic mass is 16.7. The van der Waals surface area contributed by atoms with Gasteiger partial charge in [0.05, 0.1) is 6.26 Å². The molecule has 2 unspecified atom stereocenters. The maximum absolute atomic E-state index is 10.9. The highest BCUT2D eigenvalue weighted by Gasteiger charge is 2.26. The summed E-state index contributed by atoms with van der Waals surface area (Å²) in [6.45, 7) is 3.11. The summed E-state index contributed by atoms with van der Waals surface area (Å²) in [6, 6.07) is 0. The Morgan fingerprint density at radius 3 is 3.14 bits per heavy atom. The van der Waals surface area contributed by atoms with E-state index in [1.165, 1.54) is 16.7 Å². The van der Waals surface area contributed by atoms with Gasteiger partial charge in [-0.15, -0.1) is 0 Å². The number of ether oxygens (including phenoxy) is 2. The predicted molar refractivity (Wildman–Crippen MR) is 107 cm³/mol. The molecule has 4 rings (SSSR count). The first kappa shape index (κ1) is 19.0. The second-order valence-electron chi connectivity index (χ2n) is 7.70. The molecule has 5 heteroatoms. The molecule has 2 aliphatic carbocycles. The van der Waals surface area contributed by atoms with Crippen LogP contribution in [0, 0.1) is 5.92 Å². The number of nitrogens with zero attached hydrogens (tertiary/aromatic N) is 1. The summed E-state index contributed by atoms with van der Waals surface area (Å²) in [5.41, 5.74) is 4.82. The van der Waals surface area contributed by atoms with E-state index < -0.39 is 5.97 Å². The first-order chi connectivity index (χ1) is 13.7. The van der Waals surface area contributed by atoms with Crippen LogP contribution in [0.4, 0.5) is 0 Å². The van der Waals surface area contributed by atoms with Crippen molar-refractivity contribution in [1.29, 1.82) is 0 Å². The maximum atomic E-state index is 10.9. The minimum atomic E-state index is -0.687. The predicted octanol–water partition coefficient (Wildman–Crippen LogP) is 3.74.